The van der Waals surface area contributed by atoms with Crippen LogP contribution >= 0.6 is 0 Å². The molecule has 1 saturated heterocycles. The molecule has 1 amide bonds. The lowest BCUT2D eigenvalue weighted by molar-refractivity contribution is 0.0730. The van der Waals surface area contributed by atoms with Crippen molar-refractivity contribution >= 4 is 21.9 Å². The summed E-state index contributed by atoms with van der Waals surface area (Å²) >= 11 is 0. The van der Waals surface area contributed by atoms with E-state index in [-0.39, 0.29) is 21.9 Å². The topological polar surface area (TPSA) is 115 Å². The van der Waals surface area contributed by atoms with Crippen LogP contribution < -0.4 is 5.32 Å². The standard InChI is InChI=1S/C17H22N4O5S/c1-17(2,3)15-19-20-16(26-15)18-14(22)12-4-6-13(7-5-12)27(23,24)21-8-10-25-11-9-21/h4-7H,8-11H2,1-3H3,(H,18,20,22). The molecule has 1 aromatic carbocycles. The third-order valence-electron chi connectivity index (χ3n) is 4.01. The number of hydrogen-bond acceptors (Lipinski definition) is 7. The first kappa shape index (κ1) is 19.5. The van der Waals surface area contributed by atoms with Crippen molar-refractivity contribution in [1.29, 1.82) is 0 Å². The van der Waals surface area contributed by atoms with E-state index in [4.69, 9.17) is 9.15 Å². The average Bonchev–Trinajstić information content (AvgIpc) is 3.11. The lowest BCUT2D eigenvalue weighted by atomic mass is 9.97. The first-order chi connectivity index (χ1) is 12.7. The summed E-state index contributed by atoms with van der Waals surface area (Å²) in [5, 5.41) is 10.2. The largest absolute Gasteiger partial charge is 0.407 e. The number of ether oxygens (including phenoxy) is 1. The first-order valence-corrected chi connectivity index (χ1v) is 9.95. The van der Waals surface area contributed by atoms with Crippen molar-refractivity contribution in [3.8, 4) is 0 Å². The van der Waals surface area contributed by atoms with E-state index in [1.54, 1.807) is 0 Å². The number of rotatable bonds is 4. The molecule has 1 aliphatic heterocycles. The quantitative estimate of drug-likeness (QED) is 0.838. The van der Waals surface area contributed by atoms with E-state index in [9.17, 15) is 13.2 Å². The predicted molar refractivity (Wildman–Crippen MR) is 97.0 cm³/mol. The molecule has 0 bridgehead atoms. The summed E-state index contributed by atoms with van der Waals surface area (Å²) < 4.78 is 37.2. The SMILES string of the molecule is CC(C)(C)c1nnc(NC(=O)c2ccc(S(=O)(=O)N3CCOCC3)cc2)o1. The van der Waals surface area contributed by atoms with E-state index in [0.717, 1.165) is 0 Å². The Labute approximate surface area is 157 Å². The Bertz CT molecular complexity index is 910. The number of carbonyl (C=O) groups is 1. The molecule has 0 spiro atoms. The van der Waals surface area contributed by atoms with Crippen molar-refractivity contribution in [1.82, 2.24) is 14.5 Å². The number of nitrogens with zero attached hydrogens (tertiary/aromatic N) is 3. The molecular formula is C17H22N4O5S. The molecule has 0 aliphatic carbocycles. The van der Waals surface area contributed by atoms with E-state index >= 15 is 0 Å². The maximum absolute atomic E-state index is 12.6. The summed E-state index contributed by atoms with van der Waals surface area (Å²) in [4.78, 5) is 12.5. The predicted octanol–water partition coefficient (Wildman–Crippen LogP) is 1.64. The lowest BCUT2D eigenvalue weighted by Gasteiger charge is -2.26. The van der Waals surface area contributed by atoms with Gasteiger partial charge in [0.1, 0.15) is 0 Å². The van der Waals surface area contributed by atoms with E-state index in [0.29, 0.717) is 32.2 Å². The molecule has 10 heteroatoms. The number of aromatic nitrogens is 2. The van der Waals surface area contributed by atoms with Crippen LogP contribution in [0.25, 0.3) is 0 Å². The summed E-state index contributed by atoms with van der Waals surface area (Å²) in [7, 11) is -3.60. The maximum atomic E-state index is 12.6. The minimum Gasteiger partial charge on any atom is -0.407 e. The molecule has 27 heavy (non-hydrogen) atoms. The summed E-state index contributed by atoms with van der Waals surface area (Å²) in [5.41, 5.74) is -0.0442. The van der Waals surface area contributed by atoms with Gasteiger partial charge in [-0.1, -0.05) is 25.9 Å². The van der Waals surface area contributed by atoms with Gasteiger partial charge in [-0.25, -0.2) is 8.42 Å². The molecule has 0 radical (unpaired) electrons. The zero-order valence-corrected chi connectivity index (χ0v) is 16.2. The molecule has 2 heterocycles. The number of morpholine rings is 1. The smallest absolute Gasteiger partial charge is 0.322 e. The van der Waals surface area contributed by atoms with Crippen LogP contribution in [-0.4, -0.2) is 55.1 Å². The molecular weight excluding hydrogens is 372 g/mol. The van der Waals surface area contributed by atoms with E-state index in [1.807, 2.05) is 20.8 Å². The van der Waals surface area contributed by atoms with Crippen LogP contribution in [0.15, 0.2) is 33.6 Å². The summed E-state index contributed by atoms with van der Waals surface area (Å²) in [6.07, 6.45) is 0. The Morgan fingerprint density at radius 1 is 1.11 bits per heavy atom. The van der Waals surface area contributed by atoms with Gasteiger partial charge in [0, 0.05) is 24.1 Å². The van der Waals surface area contributed by atoms with Gasteiger partial charge in [0.15, 0.2) is 0 Å². The number of carbonyl (C=O) groups excluding carboxylic acids is 1. The van der Waals surface area contributed by atoms with Crippen molar-refractivity contribution in [2.75, 3.05) is 31.6 Å². The number of nitrogens with one attached hydrogen (secondary N) is 1. The van der Waals surface area contributed by atoms with Gasteiger partial charge in [0.25, 0.3) is 5.91 Å². The average molecular weight is 394 g/mol. The van der Waals surface area contributed by atoms with Gasteiger partial charge in [-0.3, -0.25) is 10.1 Å². The van der Waals surface area contributed by atoms with Gasteiger partial charge >= 0.3 is 6.01 Å². The zero-order chi connectivity index (χ0) is 19.7. The normalized spacial score (nSPS) is 16.3. The minimum absolute atomic E-state index is 0.00469. The maximum Gasteiger partial charge on any atom is 0.322 e. The monoisotopic (exact) mass is 394 g/mol. The Balaban J connectivity index is 1.71. The highest BCUT2D eigenvalue weighted by Gasteiger charge is 2.26. The number of sulfonamides is 1. The van der Waals surface area contributed by atoms with E-state index in [1.165, 1.54) is 28.6 Å². The molecule has 0 saturated carbocycles. The van der Waals surface area contributed by atoms with Crippen molar-refractivity contribution in [2.24, 2.45) is 0 Å². The van der Waals surface area contributed by atoms with Gasteiger partial charge in [-0.05, 0) is 24.3 Å². The van der Waals surface area contributed by atoms with Crippen molar-refractivity contribution in [3.63, 3.8) is 0 Å². The van der Waals surface area contributed by atoms with Gasteiger partial charge in [0.05, 0.1) is 18.1 Å². The summed E-state index contributed by atoms with van der Waals surface area (Å²) in [6.45, 7) is 7.13. The van der Waals surface area contributed by atoms with Crippen LogP contribution in [0.3, 0.4) is 0 Å². The van der Waals surface area contributed by atoms with E-state index < -0.39 is 15.9 Å². The van der Waals surface area contributed by atoms with Crippen LogP contribution in [0.5, 0.6) is 0 Å². The second-order valence-corrected chi connectivity index (χ2v) is 9.10. The Kier molecular flexibility index (Phi) is 5.31. The summed E-state index contributed by atoms with van der Waals surface area (Å²) in [5.74, 6) is -0.0563. The van der Waals surface area contributed by atoms with Crippen LogP contribution in [-0.2, 0) is 20.2 Å². The highest BCUT2D eigenvalue weighted by molar-refractivity contribution is 7.89. The molecule has 1 fully saturated rings. The fraction of sp³-hybridized carbons (Fsp3) is 0.471. The van der Waals surface area contributed by atoms with Gasteiger partial charge in [0.2, 0.25) is 15.9 Å². The molecule has 0 unspecified atom stereocenters. The highest BCUT2D eigenvalue weighted by atomic mass is 32.2. The second kappa shape index (κ2) is 7.37. The molecule has 0 atom stereocenters. The zero-order valence-electron chi connectivity index (χ0n) is 15.4. The molecule has 1 aliphatic rings. The number of hydrogen-bond donors (Lipinski definition) is 1. The number of anilines is 1. The first-order valence-electron chi connectivity index (χ1n) is 8.51. The molecule has 1 N–H and O–H groups in total. The van der Waals surface area contributed by atoms with Crippen molar-refractivity contribution in [3.05, 3.63) is 35.7 Å². The molecule has 146 valence electrons. The summed E-state index contributed by atoms with van der Waals surface area (Å²) in [6, 6.07) is 5.71. The second-order valence-electron chi connectivity index (χ2n) is 7.16. The van der Waals surface area contributed by atoms with Crippen LogP contribution in [0.1, 0.15) is 37.0 Å². The van der Waals surface area contributed by atoms with Crippen LogP contribution in [0.2, 0.25) is 0 Å². The Morgan fingerprint density at radius 2 is 1.74 bits per heavy atom. The number of amides is 1. The molecule has 3 rings (SSSR count). The fourth-order valence-electron chi connectivity index (χ4n) is 2.46. The van der Waals surface area contributed by atoms with Crippen molar-refractivity contribution in [2.45, 2.75) is 31.1 Å². The van der Waals surface area contributed by atoms with E-state index in [2.05, 4.69) is 15.5 Å². The molecule has 9 nitrogen and oxygen atoms in total. The van der Waals surface area contributed by atoms with Gasteiger partial charge in [-0.15, -0.1) is 5.10 Å². The highest BCUT2D eigenvalue weighted by Crippen LogP contribution is 2.22. The number of benzene rings is 1. The third kappa shape index (κ3) is 4.34. The molecule has 1 aromatic heterocycles. The minimum atomic E-state index is -3.60. The fourth-order valence-corrected chi connectivity index (χ4v) is 3.87. The van der Waals surface area contributed by atoms with Gasteiger partial charge < -0.3 is 9.15 Å². The van der Waals surface area contributed by atoms with Crippen molar-refractivity contribution < 1.29 is 22.4 Å². The Morgan fingerprint density at radius 3 is 2.30 bits per heavy atom. The third-order valence-corrected chi connectivity index (χ3v) is 5.92. The molecule has 2 aromatic rings. The van der Waals surface area contributed by atoms with Gasteiger partial charge in [-0.2, -0.15) is 4.31 Å². The Hall–Kier alpha value is -2.30. The lowest BCUT2D eigenvalue weighted by Crippen LogP contribution is -2.40. The van der Waals surface area contributed by atoms with Crippen LogP contribution in [0, 0.1) is 0 Å². The van der Waals surface area contributed by atoms with Crippen LogP contribution in [0.4, 0.5) is 6.01 Å².